The van der Waals surface area contributed by atoms with Crippen LogP contribution >= 0.6 is 11.3 Å². The molecule has 1 aromatic carbocycles. The van der Waals surface area contributed by atoms with Gasteiger partial charge in [-0.05, 0) is 18.2 Å². The highest BCUT2D eigenvalue weighted by Crippen LogP contribution is 2.28. The molecule has 0 amide bonds. The summed E-state index contributed by atoms with van der Waals surface area (Å²) in [7, 11) is 0. The van der Waals surface area contributed by atoms with Gasteiger partial charge in [0.2, 0.25) is 0 Å². The van der Waals surface area contributed by atoms with Crippen LogP contribution in [0.1, 0.15) is 11.7 Å². The molecule has 2 rings (SSSR count). The van der Waals surface area contributed by atoms with E-state index in [-0.39, 0.29) is 12.2 Å². The average Bonchev–Trinajstić information content (AvgIpc) is 2.80. The van der Waals surface area contributed by atoms with Crippen molar-refractivity contribution >= 4 is 11.3 Å². The molecule has 90 valence electrons. The first-order valence-corrected chi connectivity index (χ1v) is 5.77. The van der Waals surface area contributed by atoms with Crippen molar-refractivity contribution in [2.24, 2.45) is 5.73 Å². The van der Waals surface area contributed by atoms with Crippen molar-refractivity contribution in [3.05, 3.63) is 40.9 Å². The smallest absolute Gasteiger partial charge is 0.133 e. The number of hydrogen-bond acceptors (Lipinski definition) is 4. The molecule has 0 bridgehead atoms. The third-order valence-corrected chi connectivity index (χ3v) is 3.15. The fourth-order valence-electron chi connectivity index (χ4n) is 1.34. The van der Waals surface area contributed by atoms with Crippen molar-refractivity contribution in [2.75, 3.05) is 6.61 Å². The lowest BCUT2D eigenvalue weighted by Gasteiger charge is -2.02. The molecule has 0 saturated carbocycles. The van der Waals surface area contributed by atoms with Gasteiger partial charge in [-0.25, -0.2) is 13.8 Å². The van der Waals surface area contributed by atoms with Crippen LogP contribution in [0, 0.1) is 11.6 Å². The van der Waals surface area contributed by atoms with Crippen LogP contribution in [-0.4, -0.2) is 16.7 Å². The lowest BCUT2D eigenvalue weighted by molar-refractivity contribution is 0.266. The molecule has 2 aromatic rings. The normalized spacial score (nSPS) is 12.7. The number of halogens is 2. The van der Waals surface area contributed by atoms with E-state index >= 15 is 0 Å². The Hall–Kier alpha value is -1.37. The molecule has 0 spiro atoms. The van der Waals surface area contributed by atoms with Crippen LogP contribution in [0.5, 0.6) is 0 Å². The highest BCUT2D eigenvalue weighted by Gasteiger charge is 2.13. The Morgan fingerprint density at radius 3 is 2.88 bits per heavy atom. The van der Waals surface area contributed by atoms with Gasteiger partial charge < -0.3 is 10.8 Å². The van der Waals surface area contributed by atoms with Crippen LogP contribution in [0.3, 0.4) is 0 Å². The minimum Gasteiger partial charge on any atom is -0.394 e. The van der Waals surface area contributed by atoms with E-state index < -0.39 is 17.7 Å². The van der Waals surface area contributed by atoms with Crippen molar-refractivity contribution in [3.63, 3.8) is 0 Å². The van der Waals surface area contributed by atoms with Crippen LogP contribution in [0.2, 0.25) is 0 Å². The van der Waals surface area contributed by atoms with E-state index in [4.69, 9.17) is 10.8 Å². The summed E-state index contributed by atoms with van der Waals surface area (Å²) < 4.78 is 26.5. The summed E-state index contributed by atoms with van der Waals surface area (Å²) in [5, 5.41) is 10.8. The predicted molar refractivity (Wildman–Crippen MR) is 61.5 cm³/mol. The molecule has 0 radical (unpaired) electrons. The van der Waals surface area contributed by atoms with E-state index in [1.807, 2.05) is 0 Å². The number of aliphatic hydroxyl groups excluding tert-OH is 1. The summed E-state index contributed by atoms with van der Waals surface area (Å²) in [6.45, 7) is -0.241. The lowest BCUT2D eigenvalue weighted by Crippen LogP contribution is -2.14. The molecule has 0 saturated heterocycles. The molecular weight excluding hydrogens is 246 g/mol. The van der Waals surface area contributed by atoms with Gasteiger partial charge in [-0.2, -0.15) is 0 Å². The lowest BCUT2D eigenvalue weighted by atomic mass is 10.2. The highest BCUT2D eigenvalue weighted by molar-refractivity contribution is 7.13. The first kappa shape index (κ1) is 12.1. The number of thiazole rings is 1. The monoisotopic (exact) mass is 256 g/mol. The van der Waals surface area contributed by atoms with Gasteiger partial charge in [0.15, 0.2) is 0 Å². The van der Waals surface area contributed by atoms with Gasteiger partial charge in [0.05, 0.1) is 18.3 Å². The molecule has 0 aliphatic heterocycles. The Bertz CT molecular complexity index is 530. The Labute approximate surface area is 101 Å². The van der Waals surface area contributed by atoms with Gasteiger partial charge in [0.1, 0.15) is 16.6 Å². The predicted octanol–water partition coefficient (Wildman–Crippen LogP) is 2.08. The Kier molecular flexibility index (Phi) is 3.46. The van der Waals surface area contributed by atoms with E-state index in [9.17, 15) is 8.78 Å². The van der Waals surface area contributed by atoms with E-state index in [2.05, 4.69) is 4.98 Å². The second-order valence-corrected chi connectivity index (χ2v) is 4.35. The van der Waals surface area contributed by atoms with Crippen molar-refractivity contribution in [1.82, 2.24) is 4.98 Å². The quantitative estimate of drug-likeness (QED) is 0.884. The molecule has 0 fully saturated rings. The van der Waals surface area contributed by atoms with Gasteiger partial charge in [-0.3, -0.25) is 0 Å². The number of aliphatic hydroxyl groups is 1. The average molecular weight is 256 g/mol. The van der Waals surface area contributed by atoms with Crippen molar-refractivity contribution in [2.45, 2.75) is 6.04 Å². The molecule has 1 unspecified atom stereocenters. The maximum absolute atomic E-state index is 13.5. The Balaban J connectivity index is 2.40. The molecule has 3 nitrogen and oxygen atoms in total. The SMILES string of the molecule is NC(CO)c1csc(-c2cc(F)ccc2F)n1. The molecule has 0 aliphatic carbocycles. The van der Waals surface area contributed by atoms with Crippen LogP contribution in [0.25, 0.3) is 10.6 Å². The maximum atomic E-state index is 13.5. The van der Waals surface area contributed by atoms with E-state index in [0.29, 0.717) is 10.7 Å². The summed E-state index contributed by atoms with van der Waals surface area (Å²) in [5.41, 5.74) is 6.15. The number of nitrogens with two attached hydrogens (primary N) is 1. The molecular formula is C11H10F2N2OS. The number of hydrogen-bond donors (Lipinski definition) is 2. The van der Waals surface area contributed by atoms with Gasteiger partial charge >= 0.3 is 0 Å². The second kappa shape index (κ2) is 4.87. The topological polar surface area (TPSA) is 59.1 Å². The molecule has 1 heterocycles. The molecule has 17 heavy (non-hydrogen) atoms. The summed E-state index contributed by atoms with van der Waals surface area (Å²) in [6, 6.07) is 2.59. The molecule has 3 N–H and O–H groups in total. The van der Waals surface area contributed by atoms with Crippen LogP contribution < -0.4 is 5.73 Å². The van der Waals surface area contributed by atoms with Crippen molar-refractivity contribution in [3.8, 4) is 10.6 Å². The summed E-state index contributed by atoms with van der Waals surface area (Å²) >= 11 is 1.16. The standard InChI is InChI=1S/C11H10F2N2OS/c12-6-1-2-8(13)7(3-6)11-15-10(5-17-11)9(14)4-16/h1-3,5,9,16H,4,14H2. The van der Waals surface area contributed by atoms with E-state index in [0.717, 1.165) is 29.5 Å². The molecule has 0 aliphatic rings. The van der Waals surface area contributed by atoms with Gasteiger partial charge in [0.25, 0.3) is 0 Å². The summed E-state index contributed by atoms with van der Waals surface area (Å²) in [6.07, 6.45) is 0. The zero-order valence-electron chi connectivity index (χ0n) is 8.73. The van der Waals surface area contributed by atoms with Gasteiger partial charge in [0, 0.05) is 10.9 Å². The first-order chi connectivity index (χ1) is 8.11. The fraction of sp³-hybridized carbons (Fsp3) is 0.182. The molecule has 1 atom stereocenters. The van der Waals surface area contributed by atoms with Crippen molar-refractivity contribution < 1.29 is 13.9 Å². The largest absolute Gasteiger partial charge is 0.394 e. The Morgan fingerprint density at radius 1 is 1.41 bits per heavy atom. The van der Waals surface area contributed by atoms with Crippen molar-refractivity contribution in [1.29, 1.82) is 0 Å². The zero-order valence-corrected chi connectivity index (χ0v) is 9.55. The zero-order chi connectivity index (χ0) is 12.4. The first-order valence-electron chi connectivity index (χ1n) is 4.89. The summed E-state index contributed by atoms with van der Waals surface area (Å²) in [4.78, 5) is 4.08. The maximum Gasteiger partial charge on any atom is 0.133 e. The minimum absolute atomic E-state index is 0.103. The van der Waals surface area contributed by atoms with Crippen LogP contribution in [-0.2, 0) is 0 Å². The second-order valence-electron chi connectivity index (χ2n) is 3.49. The Morgan fingerprint density at radius 2 is 2.18 bits per heavy atom. The third-order valence-electron chi connectivity index (χ3n) is 2.26. The highest BCUT2D eigenvalue weighted by atomic mass is 32.1. The van der Waals surface area contributed by atoms with Crippen LogP contribution in [0.15, 0.2) is 23.6 Å². The third kappa shape index (κ3) is 2.49. The van der Waals surface area contributed by atoms with E-state index in [1.165, 1.54) is 0 Å². The number of rotatable bonds is 3. The molecule has 6 heteroatoms. The van der Waals surface area contributed by atoms with Crippen LogP contribution in [0.4, 0.5) is 8.78 Å². The fourth-order valence-corrected chi connectivity index (χ4v) is 2.24. The number of aromatic nitrogens is 1. The minimum atomic E-state index is -0.600. The molecule has 1 aromatic heterocycles. The summed E-state index contributed by atoms with van der Waals surface area (Å²) in [5.74, 6) is -1.06. The van der Waals surface area contributed by atoms with E-state index in [1.54, 1.807) is 5.38 Å². The number of benzene rings is 1. The number of nitrogens with zero attached hydrogens (tertiary/aromatic N) is 1. The van der Waals surface area contributed by atoms with Gasteiger partial charge in [-0.15, -0.1) is 11.3 Å². The van der Waals surface area contributed by atoms with Gasteiger partial charge in [-0.1, -0.05) is 0 Å².